The molecule has 0 saturated heterocycles. The Morgan fingerprint density at radius 1 is 1.44 bits per heavy atom. The molecule has 1 heterocycles. The molecule has 3 nitrogen and oxygen atoms in total. The summed E-state index contributed by atoms with van der Waals surface area (Å²) in [5.74, 6) is -4.09. The summed E-state index contributed by atoms with van der Waals surface area (Å²) in [6.07, 6.45) is -2.59. The maximum Gasteiger partial charge on any atom is 0.324 e. The number of alkyl halides is 4. The van der Waals surface area contributed by atoms with Gasteiger partial charge in [-0.1, -0.05) is 0 Å². The van der Waals surface area contributed by atoms with Crippen molar-refractivity contribution in [1.82, 2.24) is 4.98 Å². The quantitative estimate of drug-likeness (QED) is 0.811. The fourth-order valence-corrected chi connectivity index (χ4v) is 0.862. The van der Waals surface area contributed by atoms with Crippen LogP contribution in [0.3, 0.4) is 0 Å². The number of nitrogens with zero attached hydrogens (tertiary/aromatic N) is 2. The Balaban J connectivity index is 2.59. The minimum Gasteiger partial charge on any atom is -0.378 e. The van der Waals surface area contributed by atoms with Crippen molar-refractivity contribution in [3.63, 3.8) is 0 Å². The summed E-state index contributed by atoms with van der Waals surface area (Å²) in [7, 11) is 0. The zero-order valence-corrected chi connectivity index (χ0v) is 7.92. The molecule has 0 aliphatic carbocycles. The molecule has 0 fully saturated rings. The van der Waals surface area contributed by atoms with E-state index in [0.29, 0.717) is 0 Å². The highest BCUT2D eigenvalue weighted by molar-refractivity contribution is 5.42. The molecular weight excluding hydrogens is 226 g/mol. The summed E-state index contributed by atoms with van der Waals surface area (Å²) in [4.78, 5) is 3.59. The first-order valence-electron chi connectivity index (χ1n) is 4.21. The standard InChI is InChI=1S/C9H7F4N3/c10-8(11)9(12,13)5-16-7-2-1-6(3-14)15-4-7/h1-2,4,8,16H,5H2. The Labute approximate surface area is 88.7 Å². The molecule has 0 unspecified atom stereocenters. The first kappa shape index (κ1) is 12.2. The lowest BCUT2D eigenvalue weighted by Gasteiger charge is -2.16. The van der Waals surface area contributed by atoms with E-state index in [2.05, 4.69) is 10.3 Å². The van der Waals surface area contributed by atoms with Crippen LogP contribution in [0.4, 0.5) is 23.2 Å². The third kappa shape index (κ3) is 3.08. The maximum atomic E-state index is 12.5. The highest BCUT2D eigenvalue weighted by Crippen LogP contribution is 2.23. The number of aromatic nitrogens is 1. The average Bonchev–Trinajstić information content (AvgIpc) is 2.27. The van der Waals surface area contributed by atoms with E-state index in [9.17, 15) is 17.6 Å². The molecule has 86 valence electrons. The summed E-state index contributed by atoms with van der Waals surface area (Å²) in [6.45, 7) is -1.18. The molecule has 7 heteroatoms. The van der Waals surface area contributed by atoms with Crippen LogP contribution in [-0.4, -0.2) is 23.9 Å². The largest absolute Gasteiger partial charge is 0.378 e. The van der Waals surface area contributed by atoms with Crippen molar-refractivity contribution in [3.05, 3.63) is 24.0 Å². The topological polar surface area (TPSA) is 48.7 Å². The zero-order chi connectivity index (χ0) is 12.2. The summed E-state index contributed by atoms with van der Waals surface area (Å²) in [6, 6.07) is 4.34. The average molecular weight is 233 g/mol. The van der Waals surface area contributed by atoms with E-state index in [4.69, 9.17) is 5.26 Å². The molecule has 0 spiro atoms. The number of hydrogen-bond acceptors (Lipinski definition) is 3. The molecule has 0 amide bonds. The number of anilines is 1. The molecule has 0 saturated carbocycles. The van der Waals surface area contributed by atoms with Gasteiger partial charge in [0.05, 0.1) is 18.4 Å². The highest BCUT2D eigenvalue weighted by Gasteiger charge is 2.40. The highest BCUT2D eigenvalue weighted by atomic mass is 19.3. The van der Waals surface area contributed by atoms with E-state index in [1.54, 1.807) is 6.07 Å². The van der Waals surface area contributed by atoms with Gasteiger partial charge in [0.2, 0.25) is 0 Å². The van der Waals surface area contributed by atoms with Gasteiger partial charge in [0, 0.05) is 0 Å². The number of pyridine rings is 1. The van der Waals surface area contributed by atoms with Gasteiger partial charge in [-0.05, 0) is 12.1 Å². The van der Waals surface area contributed by atoms with Gasteiger partial charge >= 0.3 is 12.3 Å². The lowest BCUT2D eigenvalue weighted by Crippen LogP contribution is -2.34. The first-order valence-corrected chi connectivity index (χ1v) is 4.21. The van der Waals surface area contributed by atoms with Crippen LogP contribution in [0.1, 0.15) is 5.69 Å². The Hall–Kier alpha value is -1.84. The van der Waals surface area contributed by atoms with Crippen molar-refractivity contribution in [1.29, 1.82) is 5.26 Å². The fraction of sp³-hybridized carbons (Fsp3) is 0.333. The van der Waals surface area contributed by atoms with Crippen molar-refractivity contribution in [2.45, 2.75) is 12.3 Å². The van der Waals surface area contributed by atoms with Crippen molar-refractivity contribution >= 4 is 5.69 Å². The maximum absolute atomic E-state index is 12.5. The van der Waals surface area contributed by atoms with Crippen LogP contribution in [0.15, 0.2) is 18.3 Å². The van der Waals surface area contributed by atoms with Gasteiger partial charge < -0.3 is 5.32 Å². The van der Waals surface area contributed by atoms with E-state index >= 15 is 0 Å². The van der Waals surface area contributed by atoms with Gasteiger partial charge in [0.25, 0.3) is 0 Å². The monoisotopic (exact) mass is 233 g/mol. The summed E-state index contributed by atoms with van der Waals surface area (Å²) in [5, 5.41) is 10.5. The Bertz CT molecular complexity index is 383. The molecule has 0 bridgehead atoms. The molecule has 16 heavy (non-hydrogen) atoms. The second-order valence-electron chi connectivity index (χ2n) is 2.96. The van der Waals surface area contributed by atoms with E-state index in [1.165, 1.54) is 12.1 Å². The van der Waals surface area contributed by atoms with E-state index < -0.39 is 18.9 Å². The molecule has 1 aromatic heterocycles. The van der Waals surface area contributed by atoms with Crippen molar-refractivity contribution in [2.75, 3.05) is 11.9 Å². The van der Waals surface area contributed by atoms with Crippen LogP contribution in [0.2, 0.25) is 0 Å². The SMILES string of the molecule is N#Cc1ccc(NCC(F)(F)C(F)F)cn1. The van der Waals surface area contributed by atoms with Crippen LogP contribution in [-0.2, 0) is 0 Å². The van der Waals surface area contributed by atoms with Crippen LogP contribution < -0.4 is 5.32 Å². The Morgan fingerprint density at radius 3 is 2.56 bits per heavy atom. The number of nitriles is 1. The Kier molecular flexibility index (Phi) is 3.66. The molecule has 1 N–H and O–H groups in total. The predicted octanol–water partition coefficient (Wildman–Crippen LogP) is 2.27. The van der Waals surface area contributed by atoms with Crippen molar-refractivity contribution < 1.29 is 17.6 Å². The Morgan fingerprint density at radius 2 is 2.12 bits per heavy atom. The number of halogens is 4. The van der Waals surface area contributed by atoms with Gasteiger partial charge in [-0.25, -0.2) is 13.8 Å². The van der Waals surface area contributed by atoms with Gasteiger partial charge in [-0.15, -0.1) is 0 Å². The van der Waals surface area contributed by atoms with Crippen LogP contribution in [0.25, 0.3) is 0 Å². The molecular formula is C9H7F4N3. The first-order chi connectivity index (χ1) is 7.45. The molecule has 1 aromatic rings. The lowest BCUT2D eigenvalue weighted by molar-refractivity contribution is -0.117. The number of rotatable bonds is 4. The summed E-state index contributed by atoms with van der Waals surface area (Å²) in [5.41, 5.74) is 0.269. The van der Waals surface area contributed by atoms with Gasteiger partial charge in [0.15, 0.2) is 0 Å². The second-order valence-corrected chi connectivity index (χ2v) is 2.96. The minimum atomic E-state index is -4.09. The fourth-order valence-electron chi connectivity index (χ4n) is 0.862. The number of nitrogens with one attached hydrogen (secondary N) is 1. The second kappa shape index (κ2) is 4.79. The van der Waals surface area contributed by atoms with Crippen molar-refractivity contribution in [3.8, 4) is 6.07 Å². The van der Waals surface area contributed by atoms with Gasteiger partial charge in [-0.2, -0.15) is 14.0 Å². The predicted molar refractivity (Wildman–Crippen MR) is 48.4 cm³/mol. The molecule has 0 radical (unpaired) electrons. The third-order valence-electron chi connectivity index (χ3n) is 1.73. The molecule has 0 aromatic carbocycles. The number of hydrogen-bond donors (Lipinski definition) is 1. The normalized spacial score (nSPS) is 11.2. The van der Waals surface area contributed by atoms with E-state index in [0.717, 1.165) is 6.20 Å². The van der Waals surface area contributed by atoms with Gasteiger partial charge in [-0.3, -0.25) is 0 Å². The van der Waals surface area contributed by atoms with Crippen LogP contribution in [0.5, 0.6) is 0 Å². The zero-order valence-electron chi connectivity index (χ0n) is 7.92. The minimum absolute atomic E-state index is 0.117. The molecule has 0 aliphatic rings. The van der Waals surface area contributed by atoms with Crippen LogP contribution in [0, 0.1) is 11.3 Å². The summed E-state index contributed by atoms with van der Waals surface area (Å²) >= 11 is 0. The smallest absolute Gasteiger partial charge is 0.324 e. The lowest BCUT2D eigenvalue weighted by atomic mass is 10.3. The molecule has 0 aliphatic heterocycles. The van der Waals surface area contributed by atoms with Crippen molar-refractivity contribution in [2.24, 2.45) is 0 Å². The molecule has 0 atom stereocenters. The molecule has 1 rings (SSSR count). The van der Waals surface area contributed by atoms with Gasteiger partial charge in [0.1, 0.15) is 11.8 Å². The third-order valence-corrected chi connectivity index (χ3v) is 1.73. The van der Waals surface area contributed by atoms with Crippen LogP contribution >= 0.6 is 0 Å². The van der Waals surface area contributed by atoms with E-state index in [-0.39, 0.29) is 11.4 Å². The summed E-state index contributed by atoms with van der Waals surface area (Å²) < 4.78 is 48.6. The van der Waals surface area contributed by atoms with E-state index in [1.807, 2.05) is 0 Å².